The molecule has 214 valence electrons. The van der Waals surface area contributed by atoms with Crippen LogP contribution >= 0.6 is 39.1 Å². The monoisotopic (exact) mass is 667 g/mol. The first-order chi connectivity index (χ1) is 18.8. The second kappa shape index (κ2) is 13.9. The molecule has 0 aromatic heterocycles. The van der Waals surface area contributed by atoms with E-state index in [0.29, 0.717) is 27.7 Å². The number of hydrogen-bond acceptors (Lipinski definition) is 4. The third kappa shape index (κ3) is 8.00. The third-order valence-electron chi connectivity index (χ3n) is 6.53. The van der Waals surface area contributed by atoms with Gasteiger partial charge in [0.15, 0.2) is 0 Å². The summed E-state index contributed by atoms with van der Waals surface area (Å²) in [5, 5.41) is 3.66. The largest absolute Gasteiger partial charge is 0.352 e. The highest BCUT2D eigenvalue weighted by atomic mass is 79.9. The predicted molar refractivity (Wildman–Crippen MR) is 164 cm³/mol. The van der Waals surface area contributed by atoms with E-state index in [0.717, 1.165) is 14.3 Å². The van der Waals surface area contributed by atoms with Crippen LogP contribution in [0.4, 0.5) is 5.69 Å². The first kappa shape index (κ1) is 31.9. The Hall–Kier alpha value is -2.59. The van der Waals surface area contributed by atoms with Crippen LogP contribution in [0.15, 0.2) is 76.1 Å². The first-order valence-corrected chi connectivity index (χ1v) is 15.7. The maximum atomic E-state index is 14.0. The molecule has 0 aliphatic rings. The van der Waals surface area contributed by atoms with E-state index in [9.17, 15) is 18.0 Å². The predicted octanol–water partition coefficient (Wildman–Crippen LogP) is 6.59. The molecule has 2 amide bonds. The SMILES string of the molecule is CC[C@@H](C)NC(=O)[C@H](C)N(Cc1ccc(Cl)cc1Cl)C(=O)CN(c1ccc(Br)cc1)S(=O)(=O)c1ccc(C)cc1. The molecule has 1 N–H and O–H groups in total. The molecular formula is C29H32BrCl2N3O4S. The Labute approximate surface area is 254 Å². The number of benzene rings is 3. The molecule has 0 unspecified atom stereocenters. The number of carbonyl (C=O) groups excluding carboxylic acids is 2. The molecule has 0 bridgehead atoms. The van der Waals surface area contributed by atoms with E-state index in [4.69, 9.17) is 23.2 Å². The van der Waals surface area contributed by atoms with Crippen LogP contribution in [-0.2, 0) is 26.2 Å². The Morgan fingerprint density at radius 2 is 1.60 bits per heavy atom. The lowest BCUT2D eigenvalue weighted by Crippen LogP contribution is -2.52. The fraction of sp³-hybridized carbons (Fsp3) is 0.310. The lowest BCUT2D eigenvalue weighted by atomic mass is 10.1. The van der Waals surface area contributed by atoms with Crippen molar-refractivity contribution in [1.29, 1.82) is 0 Å². The summed E-state index contributed by atoms with van der Waals surface area (Å²) in [5.41, 5.74) is 1.77. The highest BCUT2D eigenvalue weighted by Gasteiger charge is 2.33. The van der Waals surface area contributed by atoms with Crippen LogP contribution in [0.3, 0.4) is 0 Å². The highest BCUT2D eigenvalue weighted by Crippen LogP contribution is 2.27. The van der Waals surface area contributed by atoms with E-state index in [-0.39, 0.29) is 23.4 Å². The number of hydrogen-bond donors (Lipinski definition) is 1. The molecule has 0 heterocycles. The first-order valence-electron chi connectivity index (χ1n) is 12.7. The van der Waals surface area contributed by atoms with Gasteiger partial charge in [-0.05, 0) is 81.3 Å². The van der Waals surface area contributed by atoms with Gasteiger partial charge in [-0.2, -0.15) is 0 Å². The van der Waals surface area contributed by atoms with E-state index in [2.05, 4.69) is 21.2 Å². The molecule has 0 spiro atoms. The number of carbonyl (C=O) groups is 2. The van der Waals surface area contributed by atoms with E-state index < -0.39 is 28.5 Å². The molecule has 0 fully saturated rings. The zero-order chi connectivity index (χ0) is 29.6. The molecule has 0 saturated heterocycles. The minimum absolute atomic E-state index is 0.0251. The summed E-state index contributed by atoms with van der Waals surface area (Å²) in [4.78, 5) is 28.5. The van der Waals surface area contributed by atoms with E-state index in [1.807, 2.05) is 20.8 Å². The van der Waals surface area contributed by atoms with Gasteiger partial charge < -0.3 is 10.2 Å². The van der Waals surface area contributed by atoms with Crippen molar-refractivity contribution in [2.75, 3.05) is 10.8 Å². The molecule has 3 rings (SSSR count). The Balaban J connectivity index is 2.04. The number of anilines is 1. The minimum Gasteiger partial charge on any atom is -0.352 e. The molecule has 3 aromatic rings. The highest BCUT2D eigenvalue weighted by molar-refractivity contribution is 9.10. The van der Waals surface area contributed by atoms with Gasteiger partial charge in [-0.3, -0.25) is 13.9 Å². The average molecular weight is 669 g/mol. The Morgan fingerprint density at radius 1 is 0.975 bits per heavy atom. The van der Waals surface area contributed by atoms with E-state index in [1.165, 1.54) is 17.0 Å². The second-order valence-electron chi connectivity index (χ2n) is 9.55. The van der Waals surface area contributed by atoms with Crippen LogP contribution in [0.25, 0.3) is 0 Å². The number of sulfonamides is 1. The van der Waals surface area contributed by atoms with Gasteiger partial charge in [-0.25, -0.2) is 8.42 Å². The fourth-order valence-electron chi connectivity index (χ4n) is 3.86. The molecule has 11 heteroatoms. The molecule has 3 aromatic carbocycles. The van der Waals surface area contributed by atoms with Crippen LogP contribution in [0.1, 0.15) is 38.3 Å². The maximum absolute atomic E-state index is 14.0. The third-order valence-corrected chi connectivity index (χ3v) is 9.43. The fourth-order valence-corrected chi connectivity index (χ4v) is 6.00. The summed E-state index contributed by atoms with van der Waals surface area (Å²) < 4.78 is 29.5. The Morgan fingerprint density at radius 3 is 2.17 bits per heavy atom. The summed E-state index contributed by atoms with van der Waals surface area (Å²) in [6.07, 6.45) is 0.710. The summed E-state index contributed by atoms with van der Waals surface area (Å²) in [6.45, 7) is 6.72. The van der Waals surface area contributed by atoms with Gasteiger partial charge in [0.1, 0.15) is 12.6 Å². The summed E-state index contributed by atoms with van der Waals surface area (Å²) in [7, 11) is -4.14. The van der Waals surface area contributed by atoms with Gasteiger partial charge >= 0.3 is 0 Å². The summed E-state index contributed by atoms with van der Waals surface area (Å²) in [5.74, 6) is -0.930. The normalized spacial score (nSPS) is 12.9. The maximum Gasteiger partial charge on any atom is 0.264 e. The van der Waals surface area contributed by atoms with Crippen molar-refractivity contribution in [2.24, 2.45) is 0 Å². The van der Waals surface area contributed by atoms with E-state index in [1.54, 1.807) is 61.5 Å². The van der Waals surface area contributed by atoms with Crippen molar-refractivity contribution in [3.8, 4) is 0 Å². The zero-order valence-electron chi connectivity index (χ0n) is 22.7. The lowest BCUT2D eigenvalue weighted by Gasteiger charge is -2.32. The quantitative estimate of drug-likeness (QED) is 0.250. The van der Waals surface area contributed by atoms with Crippen molar-refractivity contribution < 1.29 is 18.0 Å². The second-order valence-corrected chi connectivity index (χ2v) is 13.2. The topological polar surface area (TPSA) is 86.8 Å². The molecule has 0 aliphatic heterocycles. The van der Waals surface area contributed by atoms with Crippen LogP contribution in [0.5, 0.6) is 0 Å². The average Bonchev–Trinajstić information content (AvgIpc) is 2.91. The van der Waals surface area contributed by atoms with Crippen molar-refractivity contribution in [3.05, 3.63) is 92.4 Å². The summed E-state index contributed by atoms with van der Waals surface area (Å²) >= 11 is 15.9. The number of halogens is 3. The van der Waals surface area contributed by atoms with Crippen molar-refractivity contribution >= 4 is 66.7 Å². The Kier molecular flexibility index (Phi) is 11.1. The smallest absolute Gasteiger partial charge is 0.264 e. The number of rotatable bonds is 11. The molecule has 7 nitrogen and oxygen atoms in total. The van der Waals surface area contributed by atoms with Crippen LogP contribution in [0.2, 0.25) is 10.0 Å². The standard InChI is InChI=1S/C29H32BrCl2N3O4S/c1-5-20(3)33-29(37)21(4)34(17-22-8-11-24(31)16-27(22)32)28(36)18-35(25-12-9-23(30)10-13-25)40(38,39)26-14-6-19(2)7-15-26/h6-16,20-21H,5,17-18H2,1-4H3,(H,33,37)/t20-,21+/m1/s1. The number of nitrogens with one attached hydrogen (secondary N) is 1. The zero-order valence-corrected chi connectivity index (χ0v) is 26.6. The van der Waals surface area contributed by atoms with Crippen LogP contribution in [-0.4, -0.2) is 43.8 Å². The minimum atomic E-state index is -4.14. The molecule has 0 radical (unpaired) electrons. The molecule has 0 aliphatic carbocycles. The van der Waals surface area contributed by atoms with Gasteiger partial charge in [0, 0.05) is 27.1 Å². The van der Waals surface area contributed by atoms with Crippen molar-refractivity contribution in [2.45, 2.75) is 57.6 Å². The molecule has 40 heavy (non-hydrogen) atoms. The van der Waals surface area contributed by atoms with Gasteiger partial charge in [0.05, 0.1) is 10.6 Å². The molecular weight excluding hydrogens is 637 g/mol. The van der Waals surface area contributed by atoms with Crippen molar-refractivity contribution in [1.82, 2.24) is 10.2 Å². The van der Waals surface area contributed by atoms with Crippen molar-refractivity contribution in [3.63, 3.8) is 0 Å². The Bertz CT molecular complexity index is 1450. The lowest BCUT2D eigenvalue weighted by molar-refractivity contribution is -0.139. The van der Waals surface area contributed by atoms with E-state index >= 15 is 0 Å². The van der Waals surface area contributed by atoms with Gasteiger partial charge in [-0.15, -0.1) is 0 Å². The summed E-state index contributed by atoms with van der Waals surface area (Å²) in [6, 6.07) is 16.9. The van der Waals surface area contributed by atoms with Crippen LogP contribution in [0, 0.1) is 6.92 Å². The number of nitrogens with zero attached hydrogens (tertiary/aromatic N) is 2. The number of aryl methyl sites for hydroxylation is 1. The van der Waals surface area contributed by atoms with Crippen LogP contribution < -0.4 is 9.62 Å². The molecule has 0 saturated carbocycles. The number of amides is 2. The molecule has 2 atom stereocenters. The van der Waals surface area contributed by atoms with Gasteiger partial charge in [0.2, 0.25) is 11.8 Å². The van der Waals surface area contributed by atoms with Gasteiger partial charge in [-0.1, -0.05) is 69.8 Å². The van der Waals surface area contributed by atoms with Gasteiger partial charge in [0.25, 0.3) is 10.0 Å².